The van der Waals surface area contributed by atoms with E-state index in [2.05, 4.69) is 5.32 Å². The molecule has 7 heteroatoms. The zero-order valence-electron chi connectivity index (χ0n) is 15.5. The first-order chi connectivity index (χ1) is 12.9. The maximum Gasteiger partial charge on any atom is 0.270 e. The van der Waals surface area contributed by atoms with Gasteiger partial charge in [0.25, 0.3) is 11.6 Å². The first-order valence-corrected chi connectivity index (χ1v) is 9.72. The van der Waals surface area contributed by atoms with E-state index in [1.807, 2.05) is 45.0 Å². The van der Waals surface area contributed by atoms with Crippen molar-refractivity contribution >= 4 is 23.4 Å². The highest BCUT2D eigenvalue weighted by molar-refractivity contribution is 8.00. The number of amides is 1. The van der Waals surface area contributed by atoms with Crippen molar-refractivity contribution in [3.05, 3.63) is 63.7 Å². The largest absolute Gasteiger partial charge is 0.493 e. The normalized spacial score (nSPS) is 16.5. The Hall–Kier alpha value is -2.54. The van der Waals surface area contributed by atoms with Crippen LogP contribution in [0.4, 0.5) is 5.69 Å². The van der Waals surface area contributed by atoms with E-state index in [0.717, 1.165) is 16.2 Å². The fourth-order valence-electron chi connectivity index (χ4n) is 3.15. The molecule has 0 radical (unpaired) electrons. The molecule has 1 N–H and O–H groups in total. The molecule has 27 heavy (non-hydrogen) atoms. The number of hydrogen-bond acceptors (Lipinski definition) is 5. The molecule has 142 valence electrons. The molecule has 2 atom stereocenters. The second-order valence-electron chi connectivity index (χ2n) is 6.82. The molecule has 6 nitrogen and oxygen atoms in total. The lowest BCUT2D eigenvalue weighted by atomic mass is 9.94. The van der Waals surface area contributed by atoms with Crippen LogP contribution in [0.1, 0.15) is 42.6 Å². The summed E-state index contributed by atoms with van der Waals surface area (Å²) in [5.41, 5.74) is 1.32. The van der Waals surface area contributed by atoms with Crippen LogP contribution in [-0.2, 0) is 0 Å². The quantitative estimate of drug-likeness (QED) is 0.452. The summed E-state index contributed by atoms with van der Waals surface area (Å²) in [5.74, 6) is 0.582. The molecule has 3 rings (SSSR count). The van der Waals surface area contributed by atoms with E-state index in [1.165, 1.54) is 23.9 Å². The van der Waals surface area contributed by atoms with E-state index in [9.17, 15) is 14.9 Å². The van der Waals surface area contributed by atoms with Gasteiger partial charge in [0.2, 0.25) is 0 Å². The summed E-state index contributed by atoms with van der Waals surface area (Å²) in [7, 11) is 0. The second kappa shape index (κ2) is 8.00. The third-order valence-electron chi connectivity index (χ3n) is 4.48. The van der Waals surface area contributed by atoms with E-state index in [-0.39, 0.29) is 28.8 Å². The molecule has 1 heterocycles. The fourth-order valence-corrected chi connectivity index (χ4v) is 4.09. The molecule has 1 aliphatic rings. The lowest BCUT2D eigenvalue weighted by Crippen LogP contribution is -2.38. The van der Waals surface area contributed by atoms with Crippen LogP contribution in [0.3, 0.4) is 0 Å². The van der Waals surface area contributed by atoms with Crippen LogP contribution >= 0.6 is 11.8 Å². The summed E-state index contributed by atoms with van der Waals surface area (Å²) in [5, 5.41) is 14.4. The minimum absolute atomic E-state index is 0.0463. The number of carbonyl (C=O) groups is 1. The van der Waals surface area contributed by atoms with E-state index in [0.29, 0.717) is 12.2 Å². The maximum absolute atomic E-state index is 12.9. The highest BCUT2D eigenvalue weighted by Gasteiger charge is 2.30. The Balaban J connectivity index is 1.83. The Bertz CT molecular complexity index is 869. The summed E-state index contributed by atoms with van der Waals surface area (Å²) in [6.45, 7) is 6.47. The van der Waals surface area contributed by atoms with Gasteiger partial charge >= 0.3 is 0 Å². The Morgan fingerprint density at radius 1 is 1.26 bits per heavy atom. The number of nitro benzene ring substituents is 1. The lowest BCUT2D eigenvalue weighted by molar-refractivity contribution is -0.384. The van der Waals surface area contributed by atoms with Crippen LogP contribution < -0.4 is 10.1 Å². The Labute approximate surface area is 162 Å². The molecule has 2 aromatic rings. The number of non-ortho nitro benzene ring substituents is 1. The molecular formula is C20H22N2O4S. The molecule has 0 spiro atoms. The molecule has 0 aliphatic carbocycles. The Morgan fingerprint density at radius 3 is 2.70 bits per heavy atom. The number of carbonyl (C=O) groups excluding carboxylic acids is 1. The third-order valence-corrected chi connectivity index (χ3v) is 5.56. The molecule has 0 saturated heterocycles. The van der Waals surface area contributed by atoms with Crippen molar-refractivity contribution in [2.75, 3.05) is 6.61 Å². The number of rotatable bonds is 6. The third kappa shape index (κ3) is 4.24. The number of nitrogens with zero attached hydrogens (tertiary/aromatic N) is 1. The van der Waals surface area contributed by atoms with Gasteiger partial charge in [-0.25, -0.2) is 0 Å². The molecule has 0 fully saturated rings. The predicted octanol–water partition coefficient (Wildman–Crippen LogP) is 4.39. The summed E-state index contributed by atoms with van der Waals surface area (Å²) in [6, 6.07) is 12.1. The van der Waals surface area contributed by atoms with Crippen molar-refractivity contribution in [1.29, 1.82) is 0 Å². The van der Waals surface area contributed by atoms with Crippen molar-refractivity contribution in [2.45, 2.75) is 42.9 Å². The molecule has 1 aliphatic heterocycles. The number of benzene rings is 2. The van der Waals surface area contributed by atoms with Crippen LogP contribution in [0, 0.1) is 10.1 Å². The van der Waals surface area contributed by atoms with Crippen molar-refractivity contribution in [1.82, 2.24) is 5.32 Å². The summed E-state index contributed by atoms with van der Waals surface area (Å²) >= 11 is 1.51. The van der Waals surface area contributed by atoms with Crippen molar-refractivity contribution in [3.63, 3.8) is 0 Å². The van der Waals surface area contributed by atoms with Gasteiger partial charge in [0, 0.05) is 39.8 Å². The molecule has 0 saturated carbocycles. The van der Waals surface area contributed by atoms with Crippen molar-refractivity contribution < 1.29 is 14.5 Å². The number of fused-ring (bicyclic) bond motifs is 1. The maximum atomic E-state index is 12.9. The van der Waals surface area contributed by atoms with E-state index >= 15 is 0 Å². The van der Waals surface area contributed by atoms with Crippen LogP contribution in [0.15, 0.2) is 47.4 Å². The zero-order chi connectivity index (χ0) is 19.6. The lowest BCUT2D eigenvalue weighted by Gasteiger charge is -2.21. The Morgan fingerprint density at radius 2 is 2.00 bits per heavy atom. The topological polar surface area (TPSA) is 81.5 Å². The molecule has 2 unspecified atom stereocenters. The van der Waals surface area contributed by atoms with Gasteiger partial charge in [-0.2, -0.15) is 0 Å². The van der Waals surface area contributed by atoms with Crippen LogP contribution in [0.5, 0.6) is 5.75 Å². The van der Waals surface area contributed by atoms with Gasteiger partial charge in [-0.3, -0.25) is 14.9 Å². The number of para-hydroxylation sites is 1. The SMILES string of the molecule is CC(C)Sc1ccc([N+](=O)[O-])cc1C(=O)NC(C)C1COc2ccccc21. The Kier molecular flexibility index (Phi) is 5.70. The minimum atomic E-state index is -0.481. The molecule has 1 amide bonds. The van der Waals surface area contributed by atoms with E-state index in [4.69, 9.17) is 4.74 Å². The first-order valence-electron chi connectivity index (χ1n) is 8.84. The van der Waals surface area contributed by atoms with Gasteiger partial charge in [0.05, 0.1) is 17.1 Å². The monoisotopic (exact) mass is 386 g/mol. The van der Waals surface area contributed by atoms with Gasteiger partial charge in [-0.15, -0.1) is 11.8 Å². The number of thioether (sulfide) groups is 1. The summed E-state index contributed by atoms with van der Waals surface area (Å²) < 4.78 is 5.70. The van der Waals surface area contributed by atoms with Crippen LogP contribution in [-0.4, -0.2) is 28.7 Å². The minimum Gasteiger partial charge on any atom is -0.493 e. The van der Waals surface area contributed by atoms with Crippen LogP contribution in [0.2, 0.25) is 0 Å². The average Bonchev–Trinajstić information content (AvgIpc) is 3.05. The molecule has 2 aromatic carbocycles. The number of ether oxygens (including phenoxy) is 1. The smallest absolute Gasteiger partial charge is 0.270 e. The number of nitrogens with one attached hydrogen (secondary N) is 1. The number of hydrogen-bond donors (Lipinski definition) is 1. The second-order valence-corrected chi connectivity index (χ2v) is 8.44. The molecule has 0 aromatic heterocycles. The first kappa shape index (κ1) is 19.2. The van der Waals surface area contributed by atoms with Crippen LogP contribution in [0.25, 0.3) is 0 Å². The fraction of sp³-hybridized carbons (Fsp3) is 0.350. The summed E-state index contributed by atoms with van der Waals surface area (Å²) in [4.78, 5) is 24.3. The zero-order valence-corrected chi connectivity index (χ0v) is 16.3. The van der Waals surface area contributed by atoms with Gasteiger partial charge < -0.3 is 10.1 Å². The van der Waals surface area contributed by atoms with Gasteiger partial charge in [0.15, 0.2) is 0 Å². The number of nitro groups is 1. The predicted molar refractivity (Wildman–Crippen MR) is 106 cm³/mol. The van der Waals surface area contributed by atoms with E-state index in [1.54, 1.807) is 6.07 Å². The van der Waals surface area contributed by atoms with Crippen molar-refractivity contribution in [2.24, 2.45) is 0 Å². The molecule has 0 bridgehead atoms. The highest BCUT2D eigenvalue weighted by atomic mass is 32.2. The van der Waals surface area contributed by atoms with Gasteiger partial charge in [0.1, 0.15) is 5.75 Å². The summed E-state index contributed by atoms with van der Waals surface area (Å²) in [6.07, 6.45) is 0. The van der Waals surface area contributed by atoms with Gasteiger partial charge in [-0.05, 0) is 19.1 Å². The standard InChI is InChI=1S/C20H22N2O4S/c1-12(2)27-19-9-8-14(22(24)25)10-16(19)20(23)21-13(3)17-11-26-18-7-5-4-6-15(17)18/h4-10,12-13,17H,11H2,1-3H3,(H,21,23). The average molecular weight is 386 g/mol. The van der Waals surface area contributed by atoms with Crippen molar-refractivity contribution in [3.8, 4) is 5.75 Å². The van der Waals surface area contributed by atoms with Gasteiger partial charge in [-0.1, -0.05) is 32.0 Å². The highest BCUT2D eigenvalue weighted by Crippen LogP contribution is 2.36. The molecular weight excluding hydrogens is 364 g/mol. The van der Waals surface area contributed by atoms with E-state index < -0.39 is 4.92 Å².